The summed E-state index contributed by atoms with van der Waals surface area (Å²) in [7, 11) is 0. The molecule has 0 spiro atoms. The molecule has 0 aliphatic heterocycles. The Kier molecular flexibility index (Phi) is 7.84. The summed E-state index contributed by atoms with van der Waals surface area (Å²) < 4.78 is 6.46. The Morgan fingerprint density at radius 1 is 1.59 bits per heavy atom. The first kappa shape index (κ1) is 15.0. The molecule has 0 radical (unpaired) electrons. The molecular weight excluding hydrogens is 252 g/mol. The van der Waals surface area contributed by atoms with Crippen LogP contribution in [0, 0.1) is 6.92 Å². The minimum atomic E-state index is 0.563. The number of ether oxygens (including phenoxy) is 1. The molecule has 1 heterocycles. The van der Waals surface area contributed by atoms with Gasteiger partial charge < -0.3 is 10.1 Å². The van der Waals surface area contributed by atoms with Gasteiger partial charge in [-0.05, 0) is 26.8 Å². The van der Waals surface area contributed by atoms with Crippen LogP contribution in [0.4, 0.5) is 0 Å². The zero-order chi connectivity index (χ0) is 12.5. The highest BCUT2D eigenvalue weighted by Gasteiger charge is 2.06. The first-order valence-electron chi connectivity index (χ1n) is 6.09. The Morgan fingerprint density at radius 3 is 3.06 bits per heavy atom. The van der Waals surface area contributed by atoms with Crippen molar-refractivity contribution in [1.82, 2.24) is 10.3 Å². The maximum Gasteiger partial charge on any atom is 0.150 e. The molecule has 0 saturated heterocycles. The lowest BCUT2D eigenvalue weighted by atomic mass is 10.4. The van der Waals surface area contributed by atoms with E-state index in [2.05, 4.69) is 22.6 Å². The van der Waals surface area contributed by atoms with Gasteiger partial charge in [-0.25, -0.2) is 4.98 Å². The van der Waals surface area contributed by atoms with Crippen molar-refractivity contribution in [3.05, 3.63) is 11.1 Å². The van der Waals surface area contributed by atoms with Crippen LogP contribution in [-0.4, -0.2) is 36.5 Å². The minimum absolute atomic E-state index is 0.563. The van der Waals surface area contributed by atoms with E-state index < -0.39 is 0 Å². The van der Waals surface area contributed by atoms with Gasteiger partial charge >= 0.3 is 0 Å². The van der Waals surface area contributed by atoms with Crippen molar-refractivity contribution in [2.75, 3.05) is 26.3 Å². The summed E-state index contributed by atoms with van der Waals surface area (Å²) in [6.07, 6.45) is 1.08. The van der Waals surface area contributed by atoms with Gasteiger partial charge in [-0.2, -0.15) is 0 Å². The molecule has 1 rings (SSSR count). The Morgan fingerprint density at radius 2 is 2.41 bits per heavy atom. The minimum Gasteiger partial charge on any atom is -0.382 e. The van der Waals surface area contributed by atoms with Crippen molar-refractivity contribution >= 4 is 23.1 Å². The molecule has 0 aromatic carbocycles. The fraction of sp³-hybridized carbons (Fsp3) is 0.750. The molecule has 0 fully saturated rings. The molecule has 0 saturated carbocycles. The summed E-state index contributed by atoms with van der Waals surface area (Å²) >= 11 is 3.58. The van der Waals surface area contributed by atoms with Crippen molar-refractivity contribution in [1.29, 1.82) is 0 Å². The molecule has 98 valence electrons. The number of thioether (sulfide) groups is 1. The molecule has 5 heteroatoms. The molecular formula is C12H22N2OS2. The summed E-state index contributed by atoms with van der Waals surface area (Å²) in [5.41, 5.74) is 1.12. The van der Waals surface area contributed by atoms with Crippen molar-refractivity contribution in [2.45, 2.75) is 36.8 Å². The lowest BCUT2D eigenvalue weighted by molar-refractivity contribution is 0.145. The number of thiazole rings is 1. The number of aryl methyl sites for hydroxylation is 1. The van der Waals surface area contributed by atoms with Gasteiger partial charge in [-0.1, -0.05) is 18.7 Å². The van der Waals surface area contributed by atoms with E-state index >= 15 is 0 Å². The molecule has 1 unspecified atom stereocenters. The van der Waals surface area contributed by atoms with E-state index in [0.717, 1.165) is 38.4 Å². The molecule has 0 bridgehead atoms. The zero-order valence-electron chi connectivity index (χ0n) is 10.9. The summed E-state index contributed by atoms with van der Waals surface area (Å²) in [6, 6.07) is 0. The van der Waals surface area contributed by atoms with Crippen molar-refractivity contribution < 1.29 is 4.74 Å². The SMILES string of the molecule is CCOCCCNCC(C)Sc1nc(C)cs1. The number of nitrogens with one attached hydrogen (secondary N) is 1. The second kappa shape index (κ2) is 8.91. The second-order valence-electron chi connectivity index (χ2n) is 3.94. The van der Waals surface area contributed by atoms with E-state index in [9.17, 15) is 0 Å². The Hall–Kier alpha value is -0.100. The van der Waals surface area contributed by atoms with Crippen LogP contribution in [0.5, 0.6) is 0 Å². The summed E-state index contributed by atoms with van der Waals surface area (Å²) in [4.78, 5) is 4.45. The predicted octanol–water partition coefficient (Wildman–Crippen LogP) is 2.95. The molecule has 0 amide bonds. The van der Waals surface area contributed by atoms with E-state index in [1.165, 1.54) is 4.34 Å². The average Bonchev–Trinajstić information content (AvgIpc) is 2.69. The van der Waals surface area contributed by atoms with Crippen molar-refractivity contribution in [3.63, 3.8) is 0 Å². The molecule has 17 heavy (non-hydrogen) atoms. The molecule has 1 N–H and O–H groups in total. The third-order valence-corrected chi connectivity index (χ3v) is 4.37. The number of nitrogens with zero attached hydrogens (tertiary/aromatic N) is 1. The topological polar surface area (TPSA) is 34.1 Å². The lowest BCUT2D eigenvalue weighted by Gasteiger charge is -2.10. The zero-order valence-corrected chi connectivity index (χ0v) is 12.5. The third kappa shape index (κ3) is 7.03. The van der Waals surface area contributed by atoms with Gasteiger partial charge in [-0.15, -0.1) is 11.3 Å². The number of hydrogen-bond donors (Lipinski definition) is 1. The normalized spacial score (nSPS) is 12.9. The first-order chi connectivity index (χ1) is 8.22. The average molecular weight is 274 g/mol. The highest BCUT2D eigenvalue weighted by atomic mass is 32.2. The summed E-state index contributed by atoms with van der Waals surface area (Å²) in [5.74, 6) is 0. The van der Waals surface area contributed by atoms with Gasteiger partial charge in [0.05, 0.1) is 0 Å². The van der Waals surface area contributed by atoms with Gasteiger partial charge in [0.25, 0.3) is 0 Å². The molecule has 1 aromatic heterocycles. The standard InChI is InChI=1S/C12H22N2OS2/c1-4-15-7-5-6-13-8-11(3)17-12-14-10(2)9-16-12/h9,11,13H,4-8H2,1-3H3. The van der Waals surface area contributed by atoms with Crippen LogP contribution in [0.2, 0.25) is 0 Å². The first-order valence-corrected chi connectivity index (χ1v) is 7.85. The van der Waals surface area contributed by atoms with Gasteiger partial charge in [0.15, 0.2) is 0 Å². The van der Waals surface area contributed by atoms with Gasteiger partial charge in [0, 0.05) is 36.1 Å². The van der Waals surface area contributed by atoms with Crippen molar-refractivity contribution in [2.24, 2.45) is 0 Å². The predicted molar refractivity (Wildman–Crippen MR) is 76.1 cm³/mol. The smallest absolute Gasteiger partial charge is 0.150 e. The van der Waals surface area contributed by atoms with E-state index in [0.29, 0.717) is 5.25 Å². The van der Waals surface area contributed by atoms with Crippen LogP contribution in [-0.2, 0) is 4.74 Å². The van der Waals surface area contributed by atoms with Crippen LogP contribution in [0.25, 0.3) is 0 Å². The van der Waals surface area contributed by atoms with Crippen LogP contribution in [0.1, 0.15) is 26.0 Å². The molecule has 3 nitrogen and oxygen atoms in total. The summed E-state index contributed by atoms with van der Waals surface area (Å²) in [6.45, 7) is 10.0. The molecule has 0 aliphatic carbocycles. The van der Waals surface area contributed by atoms with Crippen LogP contribution in [0.3, 0.4) is 0 Å². The van der Waals surface area contributed by atoms with E-state index in [-0.39, 0.29) is 0 Å². The van der Waals surface area contributed by atoms with Gasteiger partial charge in [0.1, 0.15) is 4.34 Å². The van der Waals surface area contributed by atoms with Crippen LogP contribution in [0.15, 0.2) is 9.72 Å². The Labute approximate surface area is 112 Å². The fourth-order valence-corrected chi connectivity index (χ4v) is 3.47. The highest BCUT2D eigenvalue weighted by Crippen LogP contribution is 2.25. The van der Waals surface area contributed by atoms with Gasteiger partial charge in [-0.3, -0.25) is 0 Å². The summed E-state index contributed by atoms with van der Waals surface area (Å²) in [5, 5.41) is 6.11. The Balaban J connectivity index is 2.03. The molecule has 1 atom stereocenters. The number of hydrogen-bond acceptors (Lipinski definition) is 5. The molecule has 1 aromatic rings. The maximum atomic E-state index is 5.29. The van der Waals surface area contributed by atoms with Gasteiger partial charge in [0.2, 0.25) is 0 Å². The van der Waals surface area contributed by atoms with Crippen LogP contribution < -0.4 is 5.32 Å². The number of aromatic nitrogens is 1. The fourth-order valence-electron chi connectivity index (χ4n) is 1.35. The maximum absolute atomic E-state index is 5.29. The van der Waals surface area contributed by atoms with E-state index in [1.807, 2.05) is 25.6 Å². The monoisotopic (exact) mass is 274 g/mol. The second-order valence-corrected chi connectivity index (χ2v) is 6.48. The van der Waals surface area contributed by atoms with Crippen LogP contribution >= 0.6 is 23.1 Å². The van der Waals surface area contributed by atoms with E-state index in [4.69, 9.17) is 4.74 Å². The quantitative estimate of drug-likeness (QED) is 0.554. The largest absolute Gasteiger partial charge is 0.382 e. The Bertz CT molecular complexity index is 304. The van der Waals surface area contributed by atoms with E-state index in [1.54, 1.807) is 11.3 Å². The lowest BCUT2D eigenvalue weighted by Crippen LogP contribution is -2.24. The molecule has 0 aliphatic rings. The highest BCUT2D eigenvalue weighted by molar-refractivity contribution is 8.01. The number of rotatable bonds is 9. The third-order valence-electron chi connectivity index (χ3n) is 2.18. The van der Waals surface area contributed by atoms with Crippen molar-refractivity contribution in [3.8, 4) is 0 Å².